The number of esters is 1. The van der Waals surface area contributed by atoms with E-state index in [9.17, 15) is 18.0 Å². The van der Waals surface area contributed by atoms with Gasteiger partial charge in [0.1, 0.15) is 5.75 Å². The van der Waals surface area contributed by atoms with Gasteiger partial charge >= 0.3 is 5.97 Å². The maximum Gasteiger partial charge on any atom is 0.338 e. The lowest BCUT2D eigenvalue weighted by Crippen LogP contribution is -2.24. The number of ether oxygens (including phenoxy) is 1. The molecule has 7 heteroatoms. The number of sulfone groups is 1. The number of carbonyl (C=O) groups excluding carboxylic acids is 2. The number of anilines is 1. The van der Waals surface area contributed by atoms with Crippen molar-refractivity contribution in [1.29, 1.82) is 0 Å². The van der Waals surface area contributed by atoms with E-state index < -0.39 is 27.5 Å². The summed E-state index contributed by atoms with van der Waals surface area (Å²) in [7, 11) is -3.65. The first-order valence-corrected chi connectivity index (χ1v) is 10.9. The third-order valence-corrected chi connectivity index (χ3v) is 5.63. The molecule has 0 fully saturated rings. The van der Waals surface area contributed by atoms with Crippen LogP contribution in [0.2, 0.25) is 0 Å². The largest absolute Gasteiger partial charge is 0.462 e. The van der Waals surface area contributed by atoms with Gasteiger partial charge in [0.15, 0.2) is 9.84 Å². The van der Waals surface area contributed by atoms with Crippen molar-refractivity contribution in [2.45, 2.75) is 32.9 Å². The van der Waals surface area contributed by atoms with Crippen molar-refractivity contribution in [3.05, 3.63) is 64.7 Å². The minimum atomic E-state index is -3.65. The summed E-state index contributed by atoms with van der Waals surface area (Å²) in [5.74, 6) is -1.91. The molecule has 1 N–H and O–H groups in total. The Labute approximate surface area is 165 Å². The predicted octanol–water partition coefficient (Wildman–Crippen LogP) is 3.42. The molecule has 2 rings (SSSR count). The van der Waals surface area contributed by atoms with Gasteiger partial charge in [0, 0.05) is 5.69 Å². The van der Waals surface area contributed by atoms with E-state index in [1.54, 1.807) is 24.3 Å². The molecule has 0 aromatic heterocycles. The van der Waals surface area contributed by atoms with Gasteiger partial charge in [0.25, 0.3) is 0 Å². The fraction of sp³-hybridized carbons (Fsp3) is 0.333. The number of amides is 1. The first kappa shape index (κ1) is 21.6. The van der Waals surface area contributed by atoms with Crippen LogP contribution in [0.5, 0.6) is 0 Å². The molecule has 0 heterocycles. The summed E-state index contributed by atoms with van der Waals surface area (Å²) in [6.45, 7) is 6.12. The highest BCUT2D eigenvalue weighted by molar-refractivity contribution is 7.91. The molecule has 150 valence electrons. The van der Waals surface area contributed by atoms with Crippen molar-refractivity contribution >= 4 is 27.4 Å². The molecule has 0 saturated carbocycles. The van der Waals surface area contributed by atoms with Gasteiger partial charge in [0.05, 0.1) is 17.9 Å². The van der Waals surface area contributed by atoms with Gasteiger partial charge in [-0.25, -0.2) is 13.2 Å². The molecule has 1 amide bonds. The number of benzene rings is 2. The van der Waals surface area contributed by atoms with E-state index in [0.717, 1.165) is 17.5 Å². The highest BCUT2D eigenvalue weighted by atomic mass is 32.2. The quantitative estimate of drug-likeness (QED) is 0.682. The van der Waals surface area contributed by atoms with Crippen LogP contribution in [-0.2, 0) is 25.1 Å². The summed E-state index contributed by atoms with van der Waals surface area (Å²) in [5.41, 5.74) is 3.54. The second-order valence-corrected chi connectivity index (χ2v) is 8.78. The first-order valence-electron chi connectivity index (χ1n) is 9.04. The smallest absolute Gasteiger partial charge is 0.338 e. The zero-order valence-electron chi connectivity index (χ0n) is 16.3. The zero-order valence-corrected chi connectivity index (χ0v) is 17.1. The second-order valence-electron chi connectivity index (χ2n) is 6.71. The van der Waals surface area contributed by atoms with Gasteiger partial charge in [-0.05, 0) is 61.2 Å². The van der Waals surface area contributed by atoms with Crippen LogP contribution in [0.1, 0.15) is 40.4 Å². The summed E-state index contributed by atoms with van der Waals surface area (Å²) in [4.78, 5) is 23.9. The van der Waals surface area contributed by atoms with Crippen LogP contribution in [0.25, 0.3) is 0 Å². The fourth-order valence-electron chi connectivity index (χ4n) is 2.54. The third-order valence-electron chi connectivity index (χ3n) is 4.16. The number of carbonyl (C=O) groups is 2. The van der Waals surface area contributed by atoms with Crippen LogP contribution in [0.15, 0.2) is 42.5 Å². The lowest BCUT2D eigenvalue weighted by Gasteiger charge is -2.09. The normalized spacial score (nSPS) is 11.1. The molecular weight excluding hydrogens is 378 g/mol. The van der Waals surface area contributed by atoms with Gasteiger partial charge in [-0.15, -0.1) is 0 Å². The van der Waals surface area contributed by atoms with Crippen molar-refractivity contribution in [3.63, 3.8) is 0 Å². The highest BCUT2D eigenvalue weighted by Crippen LogP contribution is 2.15. The van der Waals surface area contributed by atoms with E-state index in [1.807, 2.05) is 26.8 Å². The van der Waals surface area contributed by atoms with Crippen molar-refractivity contribution in [2.75, 3.05) is 17.7 Å². The molecule has 0 bridgehead atoms. The lowest BCUT2D eigenvalue weighted by atomic mass is 10.1. The van der Waals surface area contributed by atoms with Crippen LogP contribution in [0.3, 0.4) is 0 Å². The van der Waals surface area contributed by atoms with Crippen LogP contribution < -0.4 is 5.32 Å². The van der Waals surface area contributed by atoms with Crippen molar-refractivity contribution in [2.24, 2.45) is 0 Å². The molecule has 0 aliphatic heterocycles. The fourth-order valence-corrected chi connectivity index (χ4v) is 3.81. The highest BCUT2D eigenvalue weighted by Gasteiger charge is 2.18. The molecule has 0 aliphatic carbocycles. The Morgan fingerprint density at radius 1 is 1.00 bits per heavy atom. The lowest BCUT2D eigenvalue weighted by molar-refractivity contribution is -0.113. The topological polar surface area (TPSA) is 89.5 Å². The molecule has 0 atom stereocenters. The Morgan fingerprint density at radius 2 is 1.68 bits per heavy atom. The van der Waals surface area contributed by atoms with Crippen molar-refractivity contribution in [1.82, 2.24) is 0 Å². The van der Waals surface area contributed by atoms with Gasteiger partial charge in [-0.3, -0.25) is 4.79 Å². The standard InChI is InChI=1S/C21H25NO5S/c1-4-11-27-21(24)18-8-6-17(7-9-18)13-28(25,26)14-20(23)22-19-10-5-15(2)16(3)12-19/h5-10,12H,4,11,13-14H2,1-3H3,(H,22,23). The van der Waals surface area contributed by atoms with E-state index >= 15 is 0 Å². The van der Waals surface area contributed by atoms with Crippen LogP contribution >= 0.6 is 0 Å². The van der Waals surface area contributed by atoms with Crippen molar-refractivity contribution < 1.29 is 22.7 Å². The SMILES string of the molecule is CCCOC(=O)c1ccc(CS(=O)(=O)CC(=O)Nc2ccc(C)c(C)c2)cc1. The van der Waals surface area contributed by atoms with E-state index in [2.05, 4.69) is 5.32 Å². The Morgan fingerprint density at radius 3 is 2.29 bits per heavy atom. The number of nitrogens with one attached hydrogen (secondary N) is 1. The molecule has 28 heavy (non-hydrogen) atoms. The van der Waals surface area contributed by atoms with Crippen LogP contribution in [0.4, 0.5) is 5.69 Å². The molecule has 2 aromatic carbocycles. The second kappa shape index (κ2) is 9.50. The third kappa shape index (κ3) is 6.49. The molecule has 0 radical (unpaired) electrons. The zero-order chi connectivity index (χ0) is 20.7. The molecule has 0 saturated heterocycles. The van der Waals surface area contributed by atoms with E-state index in [4.69, 9.17) is 4.74 Å². The number of aryl methyl sites for hydroxylation is 2. The maximum absolute atomic E-state index is 12.3. The van der Waals surface area contributed by atoms with Gasteiger partial charge in [-0.1, -0.05) is 25.1 Å². The van der Waals surface area contributed by atoms with Crippen LogP contribution in [0, 0.1) is 13.8 Å². The van der Waals surface area contributed by atoms with E-state index in [-0.39, 0.29) is 5.75 Å². The summed E-state index contributed by atoms with van der Waals surface area (Å²) in [6, 6.07) is 11.6. The summed E-state index contributed by atoms with van der Waals surface area (Å²) < 4.78 is 29.7. The van der Waals surface area contributed by atoms with Gasteiger partial charge in [0.2, 0.25) is 5.91 Å². The summed E-state index contributed by atoms with van der Waals surface area (Å²) in [5, 5.41) is 2.62. The molecule has 2 aromatic rings. The van der Waals surface area contributed by atoms with E-state index in [1.165, 1.54) is 12.1 Å². The number of hydrogen-bond donors (Lipinski definition) is 1. The minimum Gasteiger partial charge on any atom is -0.462 e. The average molecular weight is 404 g/mol. The summed E-state index contributed by atoms with van der Waals surface area (Å²) in [6.07, 6.45) is 0.728. The monoisotopic (exact) mass is 403 g/mol. The summed E-state index contributed by atoms with van der Waals surface area (Å²) >= 11 is 0. The van der Waals surface area contributed by atoms with Gasteiger partial charge < -0.3 is 10.1 Å². The predicted molar refractivity (Wildman–Crippen MR) is 109 cm³/mol. The minimum absolute atomic E-state index is 0.280. The molecule has 0 aliphatic rings. The van der Waals surface area contributed by atoms with Gasteiger partial charge in [-0.2, -0.15) is 0 Å². The number of hydrogen-bond acceptors (Lipinski definition) is 5. The molecule has 6 nitrogen and oxygen atoms in total. The Bertz CT molecular complexity index is 949. The average Bonchev–Trinajstić information content (AvgIpc) is 2.62. The van der Waals surface area contributed by atoms with E-state index in [0.29, 0.717) is 23.4 Å². The molecule has 0 unspecified atom stereocenters. The Kier molecular flexibility index (Phi) is 7.34. The maximum atomic E-state index is 12.3. The Balaban J connectivity index is 1.96. The van der Waals surface area contributed by atoms with Crippen LogP contribution in [-0.4, -0.2) is 32.7 Å². The first-order chi connectivity index (χ1) is 13.2. The Hall–Kier alpha value is -2.67. The molecule has 0 spiro atoms. The number of rotatable bonds is 8. The molecular formula is C21H25NO5S. The van der Waals surface area contributed by atoms with Crippen molar-refractivity contribution in [3.8, 4) is 0 Å².